The quantitative estimate of drug-likeness (QED) is 0.509. The van der Waals surface area contributed by atoms with E-state index in [4.69, 9.17) is 11.5 Å². The fourth-order valence-corrected chi connectivity index (χ4v) is 0.222. The van der Waals surface area contributed by atoms with Gasteiger partial charge in [0.15, 0.2) is 0 Å². The van der Waals surface area contributed by atoms with Gasteiger partial charge in [0.1, 0.15) is 0 Å². The van der Waals surface area contributed by atoms with E-state index in [-0.39, 0.29) is 5.92 Å². The van der Waals surface area contributed by atoms with Gasteiger partial charge in [0.05, 0.1) is 6.67 Å². The zero-order chi connectivity index (χ0) is 5.70. The Morgan fingerprint density at radius 1 is 1.29 bits per heavy atom. The molecule has 0 aliphatic carbocycles. The van der Waals surface area contributed by atoms with Crippen LogP contribution in [0.1, 0.15) is 0 Å². The lowest BCUT2D eigenvalue weighted by Gasteiger charge is -2.02. The van der Waals surface area contributed by atoms with Gasteiger partial charge >= 0.3 is 0 Å². The van der Waals surface area contributed by atoms with Crippen molar-refractivity contribution in [3.63, 3.8) is 0 Å². The molecule has 0 fully saturated rings. The molecule has 3 heteroatoms. The molecule has 0 atom stereocenters. The van der Waals surface area contributed by atoms with E-state index in [2.05, 4.69) is 0 Å². The van der Waals surface area contributed by atoms with E-state index in [1.807, 2.05) is 0 Å². The highest BCUT2D eigenvalue weighted by atomic mass is 19.1. The highest BCUT2D eigenvalue weighted by molar-refractivity contribution is 4.56. The molecule has 0 spiro atoms. The van der Waals surface area contributed by atoms with Gasteiger partial charge < -0.3 is 11.5 Å². The third-order valence-electron chi connectivity index (χ3n) is 0.885. The predicted molar refractivity (Wildman–Crippen MR) is 27.6 cm³/mol. The highest BCUT2D eigenvalue weighted by Gasteiger charge is 1.99. The Bertz CT molecular complexity index is 31.2. The first-order valence-corrected chi connectivity index (χ1v) is 2.31. The number of alkyl halides is 1. The molecule has 0 aromatic rings. The first kappa shape index (κ1) is 6.85. The summed E-state index contributed by atoms with van der Waals surface area (Å²) < 4.78 is 11.5. The number of nitrogens with two attached hydrogens (primary N) is 2. The van der Waals surface area contributed by atoms with Gasteiger partial charge in [-0.05, 0) is 13.1 Å². The molecule has 0 saturated heterocycles. The van der Waals surface area contributed by atoms with Crippen LogP contribution in [0.15, 0.2) is 0 Å². The third kappa shape index (κ3) is 2.53. The molecule has 2 nitrogen and oxygen atoms in total. The lowest BCUT2D eigenvalue weighted by Crippen LogP contribution is -2.24. The van der Waals surface area contributed by atoms with Crippen molar-refractivity contribution >= 4 is 0 Å². The van der Waals surface area contributed by atoms with Crippen LogP contribution in [-0.2, 0) is 0 Å². The van der Waals surface area contributed by atoms with Crippen LogP contribution in [0, 0.1) is 5.92 Å². The van der Waals surface area contributed by atoms with E-state index in [1.54, 1.807) is 0 Å². The minimum Gasteiger partial charge on any atom is -0.330 e. The maximum atomic E-state index is 11.5. The Kier molecular flexibility index (Phi) is 3.93. The number of rotatable bonds is 3. The standard InChI is InChI=1S/C4H11FN2/c5-1-4(2-6)3-7/h4H,1-3,6-7H2. The van der Waals surface area contributed by atoms with Gasteiger partial charge in [-0.25, -0.2) is 0 Å². The summed E-state index contributed by atoms with van der Waals surface area (Å²) in [5.41, 5.74) is 10.1. The van der Waals surface area contributed by atoms with Crippen LogP contribution < -0.4 is 11.5 Å². The summed E-state index contributed by atoms with van der Waals surface area (Å²) in [7, 11) is 0. The van der Waals surface area contributed by atoms with Crippen molar-refractivity contribution in [3.05, 3.63) is 0 Å². The molecule has 4 N–H and O–H groups in total. The van der Waals surface area contributed by atoms with Crippen molar-refractivity contribution < 1.29 is 4.39 Å². The Balaban J connectivity index is 2.99. The largest absolute Gasteiger partial charge is 0.330 e. The lowest BCUT2D eigenvalue weighted by molar-refractivity contribution is 0.373. The Hall–Kier alpha value is -0.150. The zero-order valence-electron chi connectivity index (χ0n) is 4.23. The van der Waals surface area contributed by atoms with Crippen molar-refractivity contribution in [3.8, 4) is 0 Å². The molecule has 0 saturated carbocycles. The van der Waals surface area contributed by atoms with Gasteiger partial charge in [0.25, 0.3) is 0 Å². The summed E-state index contributed by atoms with van der Waals surface area (Å²) in [6, 6.07) is 0. The topological polar surface area (TPSA) is 52.0 Å². The van der Waals surface area contributed by atoms with Gasteiger partial charge in [0.2, 0.25) is 0 Å². The molecule has 0 bridgehead atoms. The summed E-state index contributed by atoms with van der Waals surface area (Å²) in [4.78, 5) is 0. The second kappa shape index (κ2) is 4.02. The van der Waals surface area contributed by atoms with Crippen LogP contribution in [0.4, 0.5) is 4.39 Å². The first-order valence-electron chi connectivity index (χ1n) is 2.31. The van der Waals surface area contributed by atoms with E-state index < -0.39 is 6.67 Å². The Labute approximate surface area is 42.7 Å². The minimum atomic E-state index is -0.396. The predicted octanol–water partition coefficient (Wildman–Crippen LogP) is -0.511. The molecule has 0 aliphatic rings. The van der Waals surface area contributed by atoms with Crippen LogP contribution in [0.3, 0.4) is 0 Å². The van der Waals surface area contributed by atoms with Crippen molar-refractivity contribution in [2.75, 3.05) is 19.8 Å². The van der Waals surface area contributed by atoms with Gasteiger partial charge in [-0.15, -0.1) is 0 Å². The van der Waals surface area contributed by atoms with E-state index in [0.29, 0.717) is 13.1 Å². The van der Waals surface area contributed by atoms with E-state index in [0.717, 1.165) is 0 Å². The first-order chi connectivity index (χ1) is 3.35. The minimum absolute atomic E-state index is 0.125. The number of hydrogen-bond donors (Lipinski definition) is 2. The molecule has 0 aromatic heterocycles. The molecular weight excluding hydrogens is 95.1 g/mol. The number of hydrogen-bond acceptors (Lipinski definition) is 2. The fourth-order valence-electron chi connectivity index (χ4n) is 0.222. The van der Waals surface area contributed by atoms with Crippen molar-refractivity contribution in [2.24, 2.45) is 17.4 Å². The maximum absolute atomic E-state index is 11.5. The van der Waals surface area contributed by atoms with Crippen LogP contribution in [0.25, 0.3) is 0 Å². The average molecular weight is 106 g/mol. The maximum Gasteiger partial charge on any atom is 0.0946 e. The molecule has 0 rings (SSSR count). The normalized spacial score (nSPS) is 10.3. The van der Waals surface area contributed by atoms with Gasteiger partial charge in [-0.2, -0.15) is 0 Å². The van der Waals surface area contributed by atoms with Gasteiger partial charge in [-0.3, -0.25) is 4.39 Å². The molecule has 0 aromatic carbocycles. The highest BCUT2D eigenvalue weighted by Crippen LogP contribution is 1.88. The average Bonchev–Trinajstić information content (AvgIpc) is 1.72. The van der Waals surface area contributed by atoms with Crippen LogP contribution in [0.2, 0.25) is 0 Å². The van der Waals surface area contributed by atoms with Crippen molar-refractivity contribution in [1.82, 2.24) is 0 Å². The summed E-state index contributed by atoms with van der Waals surface area (Å²) in [5, 5.41) is 0. The van der Waals surface area contributed by atoms with Crippen LogP contribution >= 0.6 is 0 Å². The van der Waals surface area contributed by atoms with Gasteiger partial charge in [-0.1, -0.05) is 0 Å². The smallest absolute Gasteiger partial charge is 0.0946 e. The lowest BCUT2D eigenvalue weighted by atomic mass is 10.2. The Morgan fingerprint density at radius 3 is 1.71 bits per heavy atom. The molecule has 0 aliphatic heterocycles. The van der Waals surface area contributed by atoms with Crippen LogP contribution in [-0.4, -0.2) is 19.8 Å². The summed E-state index contributed by atoms with van der Waals surface area (Å²) in [5.74, 6) is -0.125. The van der Waals surface area contributed by atoms with Crippen LogP contribution in [0.5, 0.6) is 0 Å². The molecule has 0 radical (unpaired) electrons. The molecule has 0 heterocycles. The molecule has 44 valence electrons. The molecular formula is C4H11FN2. The second-order valence-corrected chi connectivity index (χ2v) is 1.49. The Morgan fingerprint density at radius 2 is 1.71 bits per heavy atom. The molecule has 0 unspecified atom stereocenters. The summed E-state index contributed by atoms with van der Waals surface area (Å²) >= 11 is 0. The molecule has 0 amide bonds. The van der Waals surface area contributed by atoms with E-state index in [9.17, 15) is 4.39 Å². The van der Waals surface area contributed by atoms with E-state index >= 15 is 0 Å². The van der Waals surface area contributed by atoms with Crippen molar-refractivity contribution in [1.29, 1.82) is 0 Å². The summed E-state index contributed by atoms with van der Waals surface area (Å²) in [6.45, 7) is 0.313. The fraction of sp³-hybridized carbons (Fsp3) is 1.00. The third-order valence-corrected chi connectivity index (χ3v) is 0.885. The zero-order valence-corrected chi connectivity index (χ0v) is 4.23. The van der Waals surface area contributed by atoms with Gasteiger partial charge in [0, 0.05) is 5.92 Å². The molecule has 7 heavy (non-hydrogen) atoms. The second-order valence-electron chi connectivity index (χ2n) is 1.49. The number of halogens is 1. The summed E-state index contributed by atoms with van der Waals surface area (Å²) in [6.07, 6.45) is 0. The SMILES string of the molecule is NCC(CN)CF. The van der Waals surface area contributed by atoms with E-state index in [1.165, 1.54) is 0 Å². The van der Waals surface area contributed by atoms with Crippen molar-refractivity contribution in [2.45, 2.75) is 0 Å². The monoisotopic (exact) mass is 106 g/mol.